The zero-order valence-corrected chi connectivity index (χ0v) is 12.0. The standard InChI is InChI=1S/C16H18FN3O/c1-10-2-4-12(5-3-10)20-16(21)13-6-7-18-14-8-11(17)9-19-15(13)14/h6-10,12H,2-5H2,1H3,(H,20,21)/t10-,12-. The Labute approximate surface area is 122 Å². The monoisotopic (exact) mass is 287 g/mol. The lowest BCUT2D eigenvalue weighted by molar-refractivity contribution is 0.0924. The number of amides is 1. The van der Waals surface area contributed by atoms with Gasteiger partial charge in [0.2, 0.25) is 0 Å². The summed E-state index contributed by atoms with van der Waals surface area (Å²) in [6.07, 6.45) is 6.94. The lowest BCUT2D eigenvalue weighted by Crippen LogP contribution is -2.37. The summed E-state index contributed by atoms with van der Waals surface area (Å²) in [6, 6.07) is 3.15. The van der Waals surface area contributed by atoms with Crippen LogP contribution in [-0.4, -0.2) is 21.9 Å². The van der Waals surface area contributed by atoms with E-state index in [1.165, 1.54) is 12.3 Å². The van der Waals surface area contributed by atoms with Crippen LogP contribution < -0.4 is 5.32 Å². The quantitative estimate of drug-likeness (QED) is 0.923. The molecule has 1 saturated carbocycles. The highest BCUT2D eigenvalue weighted by Gasteiger charge is 2.21. The molecule has 0 radical (unpaired) electrons. The summed E-state index contributed by atoms with van der Waals surface area (Å²) in [6.45, 7) is 2.24. The molecule has 0 bridgehead atoms. The molecule has 1 amide bonds. The van der Waals surface area contributed by atoms with Gasteiger partial charge in [-0.1, -0.05) is 6.92 Å². The highest BCUT2D eigenvalue weighted by Crippen LogP contribution is 2.24. The minimum absolute atomic E-state index is 0.152. The van der Waals surface area contributed by atoms with Gasteiger partial charge in [0.15, 0.2) is 0 Å². The fraction of sp³-hybridized carbons (Fsp3) is 0.438. The molecule has 0 spiro atoms. The van der Waals surface area contributed by atoms with Gasteiger partial charge in [0.1, 0.15) is 11.3 Å². The molecule has 1 aliphatic rings. The molecule has 5 heteroatoms. The maximum absolute atomic E-state index is 13.2. The Kier molecular flexibility index (Phi) is 3.82. The molecular weight excluding hydrogens is 269 g/mol. The number of carbonyl (C=O) groups excluding carboxylic acids is 1. The van der Waals surface area contributed by atoms with Gasteiger partial charge in [0, 0.05) is 18.3 Å². The number of rotatable bonds is 2. The molecule has 110 valence electrons. The Morgan fingerprint density at radius 2 is 2.05 bits per heavy atom. The maximum Gasteiger partial charge on any atom is 0.253 e. The Balaban J connectivity index is 1.81. The fourth-order valence-electron chi connectivity index (χ4n) is 2.86. The Bertz CT molecular complexity index is 666. The summed E-state index contributed by atoms with van der Waals surface area (Å²) in [4.78, 5) is 20.5. The number of carbonyl (C=O) groups is 1. The zero-order chi connectivity index (χ0) is 14.8. The number of fused-ring (bicyclic) bond motifs is 1. The largest absolute Gasteiger partial charge is 0.349 e. The third-order valence-corrected chi connectivity index (χ3v) is 4.14. The van der Waals surface area contributed by atoms with Crippen molar-refractivity contribution in [2.75, 3.05) is 0 Å². The number of pyridine rings is 2. The first-order valence-corrected chi connectivity index (χ1v) is 7.34. The number of halogens is 1. The molecular formula is C16H18FN3O. The number of nitrogens with zero attached hydrogens (tertiary/aromatic N) is 2. The summed E-state index contributed by atoms with van der Waals surface area (Å²) in [5, 5.41) is 3.06. The minimum atomic E-state index is -0.450. The second kappa shape index (κ2) is 5.76. The number of aromatic nitrogens is 2. The SMILES string of the molecule is C[C@H]1CC[C@H](NC(=O)c2ccnc3cc(F)cnc23)CC1. The highest BCUT2D eigenvalue weighted by atomic mass is 19.1. The van der Waals surface area contributed by atoms with Crippen molar-refractivity contribution >= 4 is 16.9 Å². The minimum Gasteiger partial charge on any atom is -0.349 e. The van der Waals surface area contributed by atoms with Crippen LogP contribution in [0.2, 0.25) is 0 Å². The Morgan fingerprint density at radius 3 is 2.81 bits per heavy atom. The molecule has 21 heavy (non-hydrogen) atoms. The van der Waals surface area contributed by atoms with Crippen LogP contribution in [0.3, 0.4) is 0 Å². The van der Waals surface area contributed by atoms with Crippen LogP contribution in [-0.2, 0) is 0 Å². The van der Waals surface area contributed by atoms with Gasteiger partial charge in [-0.2, -0.15) is 0 Å². The van der Waals surface area contributed by atoms with Crippen molar-refractivity contribution in [3.8, 4) is 0 Å². The van der Waals surface area contributed by atoms with E-state index in [4.69, 9.17) is 0 Å². The third-order valence-electron chi connectivity index (χ3n) is 4.14. The van der Waals surface area contributed by atoms with Crippen LogP contribution in [0.5, 0.6) is 0 Å². The van der Waals surface area contributed by atoms with Gasteiger partial charge < -0.3 is 5.32 Å². The van der Waals surface area contributed by atoms with E-state index < -0.39 is 5.82 Å². The van der Waals surface area contributed by atoms with E-state index in [1.54, 1.807) is 6.07 Å². The molecule has 3 rings (SSSR count). The molecule has 4 nitrogen and oxygen atoms in total. The van der Waals surface area contributed by atoms with Crippen molar-refractivity contribution in [3.05, 3.63) is 35.9 Å². The van der Waals surface area contributed by atoms with Gasteiger partial charge in [-0.3, -0.25) is 14.8 Å². The van der Waals surface area contributed by atoms with Crippen molar-refractivity contribution in [1.29, 1.82) is 0 Å². The third kappa shape index (κ3) is 3.01. The molecule has 0 atom stereocenters. The lowest BCUT2D eigenvalue weighted by atomic mass is 9.87. The summed E-state index contributed by atoms with van der Waals surface area (Å²) in [5.41, 5.74) is 1.30. The predicted octanol–water partition coefficient (Wildman–Crippen LogP) is 3.08. The first-order chi connectivity index (χ1) is 10.1. The maximum atomic E-state index is 13.2. The average Bonchev–Trinajstić information content (AvgIpc) is 2.48. The van der Waals surface area contributed by atoms with Gasteiger partial charge in [0.05, 0.1) is 17.3 Å². The van der Waals surface area contributed by atoms with Gasteiger partial charge in [-0.15, -0.1) is 0 Å². The Hall–Kier alpha value is -2.04. The van der Waals surface area contributed by atoms with Crippen LogP contribution in [0.25, 0.3) is 11.0 Å². The normalized spacial score (nSPS) is 22.2. The molecule has 1 aliphatic carbocycles. The zero-order valence-electron chi connectivity index (χ0n) is 12.0. The molecule has 1 N–H and O–H groups in total. The van der Waals surface area contributed by atoms with Crippen LogP contribution in [0.15, 0.2) is 24.5 Å². The van der Waals surface area contributed by atoms with Gasteiger partial charge in [-0.05, 0) is 37.7 Å². The van der Waals surface area contributed by atoms with Crippen LogP contribution in [0.4, 0.5) is 4.39 Å². The van der Waals surface area contributed by atoms with E-state index in [9.17, 15) is 9.18 Å². The van der Waals surface area contributed by atoms with Crippen LogP contribution >= 0.6 is 0 Å². The summed E-state index contributed by atoms with van der Waals surface area (Å²) in [7, 11) is 0. The number of hydrogen-bond acceptors (Lipinski definition) is 3. The molecule has 2 aromatic rings. The van der Waals surface area contributed by atoms with Crippen molar-refractivity contribution in [2.45, 2.75) is 38.6 Å². The summed E-state index contributed by atoms with van der Waals surface area (Å²) >= 11 is 0. The summed E-state index contributed by atoms with van der Waals surface area (Å²) < 4.78 is 13.2. The highest BCUT2D eigenvalue weighted by molar-refractivity contribution is 6.04. The number of nitrogens with one attached hydrogen (secondary N) is 1. The van der Waals surface area contributed by atoms with Crippen molar-refractivity contribution in [2.24, 2.45) is 5.92 Å². The molecule has 2 aromatic heterocycles. The van der Waals surface area contributed by atoms with Crippen molar-refractivity contribution < 1.29 is 9.18 Å². The fourth-order valence-corrected chi connectivity index (χ4v) is 2.86. The average molecular weight is 287 g/mol. The van der Waals surface area contributed by atoms with Gasteiger partial charge >= 0.3 is 0 Å². The van der Waals surface area contributed by atoms with E-state index >= 15 is 0 Å². The second-order valence-corrected chi connectivity index (χ2v) is 5.81. The molecule has 0 saturated heterocycles. The van der Waals surface area contributed by atoms with Crippen LogP contribution in [0, 0.1) is 11.7 Å². The van der Waals surface area contributed by atoms with E-state index in [0.717, 1.165) is 37.8 Å². The summed E-state index contributed by atoms with van der Waals surface area (Å²) in [5.74, 6) is 0.138. The first-order valence-electron chi connectivity index (χ1n) is 7.34. The molecule has 2 heterocycles. The van der Waals surface area contributed by atoms with E-state index in [0.29, 0.717) is 16.6 Å². The van der Waals surface area contributed by atoms with Gasteiger partial charge in [0.25, 0.3) is 5.91 Å². The van der Waals surface area contributed by atoms with E-state index in [1.807, 2.05) is 0 Å². The molecule has 0 aromatic carbocycles. The number of hydrogen-bond donors (Lipinski definition) is 1. The van der Waals surface area contributed by atoms with Crippen LogP contribution in [0.1, 0.15) is 43.0 Å². The van der Waals surface area contributed by atoms with E-state index in [2.05, 4.69) is 22.2 Å². The predicted molar refractivity (Wildman–Crippen MR) is 78.4 cm³/mol. The Morgan fingerprint density at radius 1 is 1.29 bits per heavy atom. The first kappa shape index (κ1) is 13.9. The lowest BCUT2D eigenvalue weighted by Gasteiger charge is -2.27. The molecule has 1 fully saturated rings. The second-order valence-electron chi connectivity index (χ2n) is 5.81. The molecule has 0 aliphatic heterocycles. The molecule has 0 unspecified atom stereocenters. The topological polar surface area (TPSA) is 54.9 Å². The van der Waals surface area contributed by atoms with Crippen molar-refractivity contribution in [1.82, 2.24) is 15.3 Å². The smallest absolute Gasteiger partial charge is 0.253 e. The van der Waals surface area contributed by atoms with E-state index in [-0.39, 0.29) is 11.9 Å². The van der Waals surface area contributed by atoms with Gasteiger partial charge in [-0.25, -0.2) is 4.39 Å². The van der Waals surface area contributed by atoms with Crippen molar-refractivity contribution in [3.63, 3.8) is 0 Å².